The van der Waals surface area contributed by atoms with Crippen molar-refractivity contribution >= 4 is 17.4 Å². The number of carbonyl (C=O) groups excluding carboxylic acids is 1. The summed E-state index contributed by atoms with van der Waals surface area (Å²) < 4.78 is 0. The maximum Gasteiger partial charge on any atom is 0.267 e. The van der Waals surface area contributed by atoms with Crippen LogP contribution in [0, 0.1) is 0 Å². The Hall–Kier alpha value is -3.93. The van der Waals surface area contributed by atoms with Crippen LogP contribution in [0.25, 0.3) is 11.3 Å². The number of nitrogens with one attached hydrogen (secondary N) is 3. The van der Waals surface area contributed by atoms with Crippen molar-refractivity contribution < 1.29 is 4.79 Å². The zero-order valence-electron chi connectivity index (χ0n) is 15.1. The standard InChI is InChI=1S/C22H19N5O/c28-22(24-13-16-7-3-1-4-8-16)20-11-17(14-23-20)19-12-21(26-15-25-19)27-18-9-5-2-6-10-18/h1-12,14-15,23H,13H2,(H,24,28)(H,25,26,27). The van der Waals surface area contributed by atoms with E-state index in [1.165, 1.54) is 6.33 Å². The first-order valence-corrected chi connectivity index (χ1v) is 8.93. The second kappa shape index (κ2) is 8.18. The summed E-state index contributed by atoms with van der Waals surface area (Å²) in [5.74, 6) is 0.527. The Balaban J connectivity index is 1.45. The lowest BCUT2D eigenvalue weighted by molar-refractivity contribution is 0.0946. The zero-order chi connectivity index (χ0) is 19.2. The first-order valence-electron chi connectivity index (χ1n) is 8.93. The number of hydrogen-bond donors (Lipinski definition) is 3. The Morgan fingerprint density at radius 2 is 1.68 bits per heavy atom. The van der Waals surface area contributed by atoms with Crippen LogP contribution in [0.1, 0.15) is 16.1 Å². The second-order valence-electron chi connectivity index (χ2n) is 6.25. The van der Waals surface area contributed by atoms with Gasteiger partial charge < -0.3 is 15.6 Å². The predicted molar refractivity (Wildman–Crippen MR) is 109 cm³/mol. The summed E-state index contributed by atoms with van der Waals surface area (Å²) in [4.78, 5) is 24.0. The van der Waals surface area contributed by atoms with Gasteiger partial charge in [0.15, 0.2) is 0 Å². The number of carbonyl (C=O) groups is 1. The van der Waals surface area contributed by atoms with Crippen molar-refractivity contribution in [1.29, 1.82) is 0 Å². The number of aromatic nitrogens is 3. The van der Waals surface area contributed by atoms with Crippen LogP contribution >= 0.6 is 0 Å². The zero-order valence-corrected chi connectivity index (χ0v) is 15.1. The SMILES string of the molecule is O=C(NCc1ccccc1)c1cc(-c2cc(Nc3ccccc3)ncn2)c[nH]1. The molecule has 6 nitrogen and oxygen atoms in total. The number of H-pyrrole nitrogens is 1. The van der Waals surface area contributed by atoms with E-state index in [1.54, 1.807) is 12.3 Å². The molecule has 138 valence electrons. The number of anilines is 2. The summed E-state index contributed by atoms with van der Waals surface area (Å²) in [7, 11) is 0. The highest BCUT2D eigenvalue weighted by molar-refractivity contribution is 5.93. The first kappa shape index (κ1) is 17.5. The minimum atomic E-state index is -0.160. The third kappa shape index (κ3) is 4.24. The van der Waals surface area contributed by atoms with E-state index in [9.17, 15) is 4.79 Å². The van der Waals surface area contributed by atoms with E-state index in [2.05, 4.69) is 25.6 Å². The van der Waals surface area contributed by atoms with E-state index in [0.717, 1.165) is 22.5 Å². The van der Waals surface area contributed by atoms with Crippen LogP contribution in [0.2, 0.25) is 0 Å². The molecule has 0 aliphatic rings. The van der Waals surface area contributed by atoms with Crippen LogP contribution in [0.5, 0.6) is 0 Å². The molecule has 0 saturated heterocycles. The molecule has 1 amide bonds. The second-order valence-corrected chi connectivity index (χ2v) is 6.25. The number of hydrogen-bond acceptors (Lipinski definition) is 4. The lowest BCUT2D eigenvalue weighted by atomic mass is 10.2. The number of aromatic amines is 1. The summed E-state index contributed by atoms with van der Waals surface area (Å²) in [5.41, 5.74) is 4.04. The average molecular weight is 369 g/mol. The Morgan fingerprint density at radius 3 is 2.46 bits per heavy atom. The molecular formula is C22H19N5O. The van der Waals surface area contributed by atoms with Crippen molar-refractivity contribution in [2.45, 2.75) is 6.54 Å². The van der Waals surface area contributed by atoms with Gasteiger partial charge in [0.1, 0.15) is 17.8 Å². The van der Waals surface area contributed by atoms with Crippen LogP contribution in [-0.2, 0) is 6.54 Å². The number of para-hydroxylation sites is 1. The minimum absolute atomic E-state index is 0.160. The Morgan fingerprint density at radius 1 is 0.929 bits per heavy atom. The van der Waals surface area contributed by atoms with Crippen LogP contribution in [0.3, 0.4) is 0 Å². The van der Waals surface area contributed by atoms with Gasteiger partial charge in [-0.15, -0.1) is 0 Å². The Kier molecular flexibility index (Phi) is 5.11. The molecule has 0 bridgehead atoms. The van der Waals surface area contributed by atoms with Crippen molar-refractivity contribution in [2.75, 3.05) is 5.32 Å². The summed E-state index contributed by atoms with van der Waals surface area (Å²) in [6.07, 6.45) is 3.27. The van der Waals surface area contributed by atoms with E-state index < -0.39 is 0 Å². The minimum Gasteiger partial charge on any atom is -0.357 e. The van der Waals surface area contributed by atoms with Crippen LogP contribution < -0.4 is 10.6 Å². The molecule has 0 saturated carbocycles. The van der Waals surface area contributed by atoms with E-state index >= 15 is 0 Å². The van der Waals surface area contributed by atoms with Crippen molar-refractivity contribution in [3.63, 3.8) is 0 Å². The maximum atomic E-state index is 12.4. The Labute approximate surface area is 162 Å². The van der Waals surface area contributed by atoms with E-state index in [4.69, 9.17) is 0 Å². The van der Waals surface area contributed by atoms with Gasteiger partial charge >= 0.3 is 0 Å². The topological polar surface area (TPSA) is 82.7 Å². The summed E-state index contributed by atoms with van der Waals surface area (Å²) >= 11 is 0. The lowest BCUT2D eigenvalue weighted by Crippen LogP contribution is -2.22. The molecule has 4 aromatic rings. The highest BCUT2D eigenvalue weighted by atomic mass is 16.1. The molecule has 0 atom stereocenters. The monoisotopic (exact) mass is 369 g/mol. The van der Waals surface area contributed by atoms with Gasteiger partial charge in [0.05, 0.1) is 5.69 Å². The fourth-order valence-corrected chi connectivity index (χ4v) is 2.80. The fraction of sp³-hybridized carbons (Fsp3) is 0.0455. The molecule has 0 spiro atoms. The smallest absolute Gasteiger partial charge is 0.267 e. The van der Waals surface area contributed by atoms with E-state index in [-0.39, 0.29) is 5.91 Å². The van der Waals surface area contributed by atoms with Gasteiger partial charge in [0.25, 0.3) is 5.91 Å². The molecule has 0 aliphatic carbocycles. The largest absolute Gasteiger partial charge is 0.357 e. The van der Waals surface area contributed by atoms with Gasteiger partial charge in [-0.25, -0.2) is 9.97 Å². The van der Waals surface area contributed by atoms with Crippen molar-refractivity contribution in [2.24, 2.45) is 0 Å². The van der Waals surface area contributed by atoms with Crippen LogP contribution in [0.15, 0.2) is 85.3 Å². The summed E-state index contributed by atoms with van der Waals surface area (Å²) in [6, 6.07) is 23.2. The molecule has 0 aliphatic heterocycles. The Bertz CT molecular complexity index is 1060. The van der Waals surface area contributed by atoms with Crippen molar-refractivity contribution in [3.8, 4) is 11.3 Å². The molecule has 2 aromatic carbocycles. The number of amides is 1. The number of nitrogens with zero attached hydrogens (tertiary/aromatic N) is 2. The van der Waals surface area contributed by atoms with Gasteiger partial charge in [-0.3, -0.25) is 4.79 Å². The molecule has 2 aromatic heterocycles. The summed E-state index contributed by atoms with van der Waals surface area (Å²) in [5, 5.41) is 6.15. The van der Waals surface area contributed by atoms with E-state index in [0.29, 0.717) is 18.1 Å². The van der Waals surface area contributed by atoms with Gasteiger partial charge in [-0.05, 0) is 23.8 Å². The van der Waals surface area contributed by atoms with Crippen LogP contribution in [-0.4, -0.2) is 20.9 Å². The third-order valence-electron chi connectivity index (χ3n) is 4.23. The molecule has 28 heavy (non-hydrogen) atoms. The summed E-state index contributed by atoms with van der Waals surface area (Å²) in [6.45, 7) is 0.479. The van der Waals surface area contributed by atoms with Gasteiger partial charge in [0.2, 0.25) is 0 Å². The predicted octanol–water partition coefficient (Wildman–Crippen LogP) is 4.15. The van der Waals surface area contributed by atoms with Crippen molar-refractivity contribution in [3.05, 3.63) is 96.6 Å². The van der Waals surface area contributed by atoms with E-state index in [1.807, 2.05) is 66.7 Å². The third-order valence-corrected chi connectivity index (χ3v) is 4.23. The molecule has 4 rings (SSSR count). The molecule has 2 heterocycles. The molecular weight excluding hydrogens is 350 g/mol. The van der Waals surface area contributed by atoms with Gasteiger partial charge in [-0.2, -0.15) is 0 Å². The molecule has 3 N–H and O–H groups in total. The maximum absolute atomic E-state index is 12.4. The first-order chi connectivity index (χ1) is 13.8. The number of benzene rings is 2. The van der Waals surface area contributed by atoms with Crippen LogP contribution in [0.4, 0.5) is 11.5 Å². The molecule has 0 fully saturated rings. The lowest BCUT2D eigenvalue weighted by Gasteiger charge is -2.06. The molecule has 6 heteroatoms. The van der Waals surface area contributed by atoms with Gasteiger partial charge in [-0.1, -0.05) is 48.5 Å². The fourth-order valence-electron chi connectivity index (χ4n) is 2.80. The molecule has 0 radical (unpaired) electrons. The highest BCUT2D eigenvalue weighted by Gasteiger charge is 2.11. The number of rotatable bonds is 6. The quantitative estimate of drug-likeness (QED) is 0.477. The average Bonchev–Trinajstić information content (AvgIpc) is 3.24. The highest BCUT2D eigenvalue weighted by Crippen LogP contribution is 2.21. The van der Waals surface area contributed by atoms with Gasteiger partial charge in [0, 0.05) is 30.1 Å². The normalized spacial score (nSPS) is 10.4. The molecule has 0 unspecified atom stereocenters. The van der Waals surface area contributed by atoms with Crippen molar-refractivity contribution in [1.82, 2.24) is 20.3 Å².